The fourth-order valence-corrected chi connectivity index (χ4v) is 4.58. The van der Waals surface area contributed by atoms with Crippen LogP contribution < -0.4 is 0 Å². The molecule has 0 radical (unpaired) electrons. The van der Waals surface area contributed by atoms with Crippen molar-refractivity contribution < 1.29 is 9.53 Å². The van der Waals surface area contributed by atoms with Crippen molar-refractivity contribution in [3.05, 3.63) is 48.3 Å². The van der Waals surface area contributed by atoms with Crippen LogP contribution in [0.5, 0.6) is 0 Å². The number of hydrogen-bond donors (Lipinski definition) is 0. The minimum Gasteiger partial charge on any atom is -0.373 e. The Labute approximate surface area is 175 Å². The average Bonchev–Trinajstić information content (AvgIpc) is 3.40. The van der Waals surface area contributed by atoms with Gasteiger partial charge in [0, 0.05) is 50.5 Å². The minimum atomic E-state index is -0.195. The Bertz CT molecular complexity index is 990. The number of nitrogens with zero attached hydrogens (tertiary/aromatic N) is 7. The lowest BCUT2D eigenvalue weighted by atomic mass is 9.99. The highest BCUT2D eigenvalue weighted by Gasteiger charge is 2.39. The van der Waals surface area contributed by atoms with Gasteiger partial charge in [0.15, 0.2) is 0 Å². The number of hydrogen-bond acceptors (Lipinski definition) is 6. The molecule has 0 aromatic carbocycles. The molecule has 2 fully saturated rings. The molecule has 2 aliphatic heterocycles. The van der Waals surface area contributed by atoms with Gasteiger partial charge in [-0.25, -0.2) is 9.97 Å². The number of carbonyl (C=O) groups is 1. The van der Waals surface area contributed by atoms with Crippen molar-refractivity contribution in [1.82, 2.24) is 33.9 Å². The maximum Gasteiger partial charge on any atom is 0.274 e. The molecule has 9 heteroatoms. The smallest absolute Gasteiger partial charge is 0.274 e. The molecule has 5 heterocycles. The highest BCUT2D eigenvalue weighted by molar-refractivity contribution is 5.93. The Hall–Kier alpha value is -2.78. The number of amides is 1. The molecule has 158 valence electrons. The predicted octanol–water partition coefficient (Wildman–Crippen LogP) is 1.53. The molecule has 2 saturated heterocycles. The van der Waals surface area contributed by atoms with Gasteiger partial charge in [-0.15, -0.1) is 0 Å². The largest absolute Gasteiger partial charge is 0.373 e. The number of carbonyl (C=O) groups excluding carboxylic acids is 1. The topological polar surface area (TPSA) is 80.8 Å². The van der Waals surface area contributed by atoms with Gasteiger partial charge in [-0.05, 0) is 32.0 Å². The molecule has 0 spiro atoms. The van der Waals surface area contributed by atoms with E-state index in [0.717, 1.165) is 25.2 Å². The number of imidazole rings is 1. The Morgan fingerprint density at radius 2 is 2.07 bits per heavy atom. The first-order chi connectivity index (χ1) is 14.7. The zero-order valence-electron chi connectivity index (χ0n) is 17.2. The van der Waals surface area contributed by atoms with Crippen molar-refractivity contribution in [3.63, 3.8) is 0 Å². The van der Waals surface area contributed by atoms with Crippen molar-refractivity contribution in [2.75, 3.05) is 32.8 Å². The van der Waals surface area contributed by atoms with Crippen molar-refractivity contribution in [1.29, 1.82) is 0 Å². The summed E-state index contributed by atoms with van der Waals surface area (Å²) >= 11 is 0. The lowest BCUT2D eigenvalue weighted by molar-refractivity contribution is -0.0742. The third kappa shape index (κ3) is 3.70. The van der Waals surface area contributed by atoms with Crippen molar-refractivity contribution >= 4 is 11.7 Å². The van der Waals surface area contributed by atoms with Crippen LogP contribution in [0.3, 0.4) is 0 Å². The average molecular weight is 409 g/mol. The molecule has 9 nitrogen and oxygen atoms in total. The second-order valence-electron chi connectivity index (χ2n) is 8.11. The summed E-state index contributed by atoms with van der Waals surface area (Å²) in [5.41, 5.74) is 1.40. The predicted molar refractivity (Wildman–Crippen MR) is 110 cm³/mol. The third-order valence-electron chi connectivity index (χ3n) is 6.02. The van der Waals surface area contributed by atoms with Crippen LogP contribution in [0.25, 0.3) is 5.78 Å². The SMILES string of the molecule is Cn1cc([C@H]2[C@H](CN3CCCCC3)OCCN2C(=O)c2cn3cccnc3n2)cn1. The number of ether oxygens (including phenoxy) is 1. The van der Waals surface area contributed by atoms with E-state index in [9.17, 15) is 4.79 Å². The Morgan fingerprint density at radius 1 is 1.20 bits per heavy atom. The molecule has 3 aromatic rings. The van der Waals surface area contributed by atoms with Gasteiger partial charge in [-0.2, -0.15) is 5.10 Å². The van der Waals surface area contributed by atoms with Crippen LogP contribution in [0.15, 0.2) is 37.1 Å². The number of likely N-dealkylation sites (tertiary alicyclic amines) is 1. The minimum absolute atomic E-state index is 0.0960. The van der Waals surface area contributed by atoms with Crippen molar-refractivity contribution in [2.45, 2.75) is 31.4 Å². The van der Waals surface area contributed by atoms with Crippen LogP contribution >= 0.6 is 0 Å². The molecular weight excluding hydrogens is 382 g/mol. The van der Waals surface area contributed by atoms with Crippen LogP contribution in [0.1, 0.15) is 41.4 Å². The molecule has 1 amide bonds. The van der Waals surface area contributed by atoms with Crippen molar-refractivity contribution in [3.8, 4) is 0 Å². The number of rotatable bonds is 4. The van der Waals surface area contributed by atoms with Gasteiger partial charge in [-0.3, -0.25) is 13.9 Å². The molecule has 2 aliphatic rings. The van der Waals surface area contributed by atoms with E-state index in [2.05, 4.69) is 20.0 Å². The van der Waals surface area contributed by atoms with E-state index < -0.39 is 0 Å². The number of piperidine rings is 1. The van der Waals surface area contributed by atoms with Crippen LogP contribution in [0.4, 0.5) is 0 Å². The summed E-state index contributed by atoms with van der Waals surface area (Å²) in [5.74, 6) is 0.429. The zero-order chi connectivity index (χ0) is 20.5. The second-order valence-corrected chi connectivity index (χ2v) is 8.11. The molecule has 0 N–H and O–H groups in total. The van der Waals surface area contributed by atoms with E-state index in [1.807, 2.05) is 36.6 Å². The first kappa shape index (κ1) is 19.2. The van der Waals surface area contributed by atoms with E-state index in [0.29, 0.717) is 24.6 Å². The summed E-state index contributed by atoms with van der Waals surface area (Å²) in [6, 6.07) is 1.63. The third-order valence-corrected chi connectivity index (χ3v) is 6.02. The zero-order valence-corrected chi connectivity index (χ0v) is 17.2. The number of fused-ring (bicyclic) bond motifs is 1. The molecule has 3 aromatic heterocycles. The summed E-state index contributed by atoms with van der Waals surface area (Å²) in [5, 5.41) is 4.35. The van der Waals surface area contributed by atoms with Crippen LogP contribution in [0, 0.1) is 0 Å². The standard InChI is InChI=1S/C21H27N7O2/c1-25-13-16(12-23-25)19-18(15-26-7-3-2-4-8-26)30-11-10-28(19)20(29)17-14-27-9-5-6-22-21(27)24-17/h5-6,9,12-14,18-19H,2-4,7-8,10-11,15H2,1H3/t18-,19-/m0/s1. The van der Waals surface area contributed by atoms with Gasteiger partial charge in [-0.1, -0.05) is 6.42 Å². The lowest BCUT2D eigenvalue weighted by Crippen LogP contribution is -2.52. The molecule has 0 saturated carbocycles. The quantitative estimate of drug-likeness (QED) is 0.650. The molecule has 5 rings (SSSR count). The fourth-order valence-electron chi connectivity index (χ4n) is 4.58. The molecule has 30 heavy (non-hydrogen) atoms. The van der Waals surface area contributed by atoms with Gasteiger partial charge in [0.25, 0.3) is 5.91 Å². The van der Waals surface area contributed by atoms with E-state index in [-0.39, 0.29) is 18.1 Å². The van der Waals surface area contributed by atoms with Gasteiger partial charge in [0.1, 0.15) is 5.69 Å². The van der Waals surface area contributed by atoms with Crippen LogP contribution in [-0.2, 0) is 11.8 Å². The summed E-state index contributed by atoms with van der Waals surface area (Å²) in [6.45, 7) is 4.04. The first-order valence-electron chi connectivity index (χ1n) is 10.6. The molecule has 2 atom stereocenters. The van der Waals surface area contributed by atoms with Gasteiger partial charge < -0.3 is 14.5 Å². The normalized spacial score (nSPS) is 23.2. The summed E-state index contributed by atoms with van der Waals surface area (Å²) in [7, 11) is 1.90. The monoisotopic (exact) mass is 409 g/mol. The Morgan fingerprint density at radius 3 is 2.83 bits per heavy atom. The maximum atomic E-state index is 13.5. The van der Waals surface area contributed by atoms with Crippen LogP contribution in [0.2, 0.25) is 0 Å². The summed E-state index contributed by atoms with van der Waals surface area (Å²) < 4.78 is 9.77. The van der Waals surface area contributed by atoms with Gasteiger partial charge >= 0.3 is 0 Å². The van der Waals surface area contributed by atoms with E-state index in [1.54, 1.807) is 21.5 Å². The Balaban J connectivity index is 1.45. The second kappa shape index (κ2) is 8.16. The highest BCUT2D eigenvalue weighted by atomic mass is 16.5. The maximum absolute atomic E-state index is 13.5. The van der Waals surface area contributed by atoms with Gasteiger partial charge in [0.05, 0.1) is 24.9 Å². The molecule has 0 unspecified atom stereocenters. The number of morpholine rings is 1. The fraction of sp³-hybridized carbons (Fsp3) is 0.524. The van der Waals surface area contributed by atoms with E-state index >= 15 is 0 Å². The van der Waals surface area contributed by atoms with E-state index in [4.69, 9.17) is 4.74 Å². The van der Waals surface area contributed by atoms with Crippen LogP contribution in [-0.4, -0.2) is 78.7 Å². The van der Waals surface area contributed by atoms with Gasteiger partial charge in [0.2, 0.25) is 5.78 Å². The number of aryl methyl sites for hydroxylation is 1. The lowest BCUT2D eigenvalue weighted by Gasteiger charge is -2.42. The first-order valence-corrected chi connectivity index (χ1v) is 10.6. The number of aromatic nitrogens is 5. The molecule has 0 aliphatic carbocycles. The summed E-state index contributed by atoms with van der Waals surface area (Å²) in [6.07, 6.45) is 12.7. The molecular formula is C21H27N7O2. The highest BCUT2D eigenvalue weighted by Crippen LogP contribution is 2.31. The molecule has 0 bridgehead atoms. The Kier molecular flexibility index (Phi) is 5.22. The summed E-state index contributed by atoms with van der Waals surface area (Å²) in [4.78, 5) is 26.6. The van der Waals surface area contributed by atoms with Crippen molar-refractivity contribution in [2.24, 2.45) is 7.05 Å². The van der Waals surface area contributed by atoms with E-state index in [1.165, 1.54) is 19.3 Å².